The summed E-state index contributed by atoms with van der Waals surface area (Å²) >= 11 is 0. The number of nitrogens with one attached hydrogen (secondary N) is 1. The van der Waals surface area contributed by atoms with E-state index in [1.54, 1.807) is 0 Å². The number of hydrogen-bond acceptors (Lipinski definition) is 3. The van der Waals surface area contributed by atoms with E-state index in [9.17, 15) is 0 Å². The second kappa shape index (κ2) is 6.76. The van der Waals surface area contributed by atoms with Gasteiger partial charge in [-0.3, -0.25) is 0 Å². The lowest BCUT2D eigenvalue weighted by molar-refractivity contribution is 0.299. The fourth-order valence-corrected chi connectivity index (χ4v) is 2.41. The van der Waals surface area contributed by atoms with E-state index in [0.717, 1.165) is 19.6 Å². The lowest BCUT2D eigenvalue weighted by Crippen LogP contribution is -2.35. The summed E-state index contributed by atoms with van der Waals surface area (Å²) in [6, 6.07) is 8.73. The molecule has 18 heavy (non-hydrogen) atoms. The van der Waals surface area contributed by atoms with Crippen LogP contribution in [0.25, 0.3) is 0 Å². The molecule has 3 heteroatoms. The Morgan fingerprint density at radius 1 is 1.28 bits per heavy atom. The van der Waals surface area contributed by atoms with Crippen molar-refractivity contribution < 1.29 is 0 Å². The Morgan fingerprint density at radius 3 is 3.00 bits per heavy atom. The van der Waals surface area contributed by atoms with Gasteiger partial charge in [-0.25, -0.2) is 0 Å². The molecule has 0 unspecified atom stereocenters. The zero-order valence-corrected chi connectivity index (χ0v) is 11.7. The average molecular weight is 247 g/mol. The largest absolute Gasteiger partial charge is 0.373 e. The van der Waals surface area contributed by atoms with Gasteiger partial charge in [0.2, 0.25) is 0 Å². The van der Waals surface area contributed by atoms with Crippen molar-refractivity contribution in [3.63, 3.8) is 0 Å². The summed E-state index contributed by atoms with van der Waals surface area (Å²) in [6.45, 7) is 9.13. The minimum atomic E-state index is 1.10. The Hall–Kier alpha value is -1.06. The molecular weight excluding hydrogens is 222 g/mol. The molecule has 0 atom stereocenters. The van der Waals surface area contributed by atoms with E-state index in [4.69, 9.17) is 0 Å². The summed E-state index contributed by atoms with van der Waals surface area (Å²) in [5.74, 6) is 0. The Kier molecular flexibility index (Phi) is 5.02. The maximum absolute atomic E-state index is 3.45. The summed E-state index contributed by atoms with van der Waals surface area (Å²) in [6.07, 6.45) is 1.27. The SMILES string of the molecule is Cc1cccc(N(C)CCN2CCCNCC2)c1. The van der Waals surface area contributed by atoms with Crippen LogP contribution in [0.15, 0.2) is 24.3 Å². The molecule has 0 spiro atoms. The smallest absolute Gasteiger partial charge is 0.0366 e. The molecule has 1 aliphatic heterocycles. The third kappa shape index (κ3) is 4.00. The topological polar surface area (TPSA) is 18.5 Å². The van der Waals surface area contributed by atoms with Crippen LogP contribution in [-0.2, 0) is 0 Å². The Balaban J connectivity index is 1.82. The molecule has 1 saturated heterocycles. The van der Waals surface area contributed by atoms with Crippen molar-refractivity contribution in [1.29, 1.82) is 0 Å². The zero-order valence-electron chi connectivity index (χ0n) is 11.7. The third-order valence-electron chi connectivity index (χ3n) is 3.63. The maximum Gasteiger partial charge on any atom is 0.0366 e. The molecule has 1 aromatic rings. The van der Waals surface area contributed by atoms with Gasteiger partial charge in [-0.15, -0.1) is 0 Å². The van der Waals surface area contributed by atoms with E-state index in [1.165, 1.54) is 37.3 Å². The van der Waals surface area contributed by atoms with Crippen LogP contribution in [0.3, 0.4) is 0 Å². The van der Waals surface area contributed by atoms with Gasteiger partial charge in [0.05, 0.1) is 0 Å². The highest BCUT2D eigenvalue weighted by Crippen LogP contribution is 2.13. The highest BCUT2D eigenvalue weighted by molar-refractivity contribution is 5.47. The van der Waals surface area contributed by atoms with Crippen LogP contribution >= 0.6 is 0 Å². The molecule has 100 valence electrons. The van der Waals surface area contributed by atoms with Crippen molar-refractivity contribution in [3.05, 3.63) is 29.8 Å². The van der Waals surface area contributed by atoms with Gasteiger partial charge >= 0.3 is 0 Å². The zero-order chi connectivity index (χ0) is 12.8. The number of rotatable bonds is 4. The molecule has 1 aliphatic rings. The highest BCUT2D eigenvalue weighted by atomic mass is 15.2. The van der Waals surface area contributed by atoms with E-state index < -0.39 is 0 Å². The maximum atomic E-state index is 3.45. The van der Waals surface area contributed by atoms with Gasteiger partial charge in [0.15, 0.2) is 0 Å². The lowest BCUT2D eigenvalue weighted by Gasteiger charge is -2.25. The van der Waals surface area contributed by atoms with Gasteiger partial charge in [-0.05, 0) is 44.1 Å². The number of benzene rings is 1. The van der Waals surface area contributed by atoms with Crippen LogP contribution < -0.4 is 10.2 Å². The van der Waals surface area contributed by atoms with Crippen molar-refractivity contribution >= 4 is 5.69 Å². The standard InChI is InChI=1S/C15H25N3/c1-14-5-3-6-15(13-14)17(2)11-12-18-9-4-7-16-8-10-18/h3,5-6,13,16H,4,7-12H2,1-2H3. The second-order valence-electron chi connectivity index (χ2n) is 5.21. The normalized spacial score (nSPS) is 17.4. The van der Waals surface area contributed by atoms with Gasteiger partial charge in [0.1, 0.15) is 0 Å². The second-order valence-corrected chi connectivity index (χ2v) is 5.21. The van der Waals surface area contributed by atoms with Crippen LogP contribution in [0.2, 0.25) is 0 Å². The predicted octanol–water partition coefficient (Wildman–Crippen LogP) is 1.73. The van der Waals surface area contributed by atoms with Gasteiger partial charge < -0.3 is 15.1 Å². The molecule has 2 rings (SSSR count). The molecule has 1 fully saturated rings. The monoisotopic (exact) mass is 247 g/mol. The summed E-state index contributed by atoms with van der Waals surface area (Å²) in [7, 11) is 2.19. The minimum absolute atomic E-state index is 1.10. The summed E-state index contributed by atoms with van der Waals surface area (Å²) in [4.78, 5) is 4.91. The first-order valence-electron chi connectivity index (χ1n) is 6.96. The van der Waals surface area contributed by atoms with Crippen LogP contribution in [0.5, 0.6) is 0 Å². The minimum Gasteiger partial charge on any atom is -0.373 e. The molecule has 1 aromatic carbocycles. The van der Waals surface area contributed by atoms with Crippen molar-refractivity contribution in [2.24, 2.45) is 0 Å². The summed E-state index contributed by atoms with van der Waals surface area (Å²) in [5.41, 5.74) is 2.65. The van der Waals surface area contributed by atoms with Crippen LogP contribution in [0.1, 0.15) is 12.0 Å². The van der Waals surface area contributed by atoms with Gasteiger partial charge in [-0.1, -0.05) is 12.1 Å². The van der Waals surface area contributed by atoms with E-state index in [1.807, 2.05) is 0 Å². The molecule has 0 bridgehead atoms. The van der Waals surface area contributed by atoms with Crippen LogP contribution in [0, 0.1) is 6.92 Å². The number of likely N-dealkylation sites (N-methyl/N-ethyl adjacent to an activating group) is 1. The fraction of sp³-hybridized carbons (Fsp3) is 0.600. The van der Waals surface area contributed by atoms with Crippen molar-refractivity contribution in [3.8, 4) is 0 Å². The molecule has 0 aliphatic carbocycles. The molecule has 0 aromatic heterocycles. The molecule has 0 radical (unpaired) electrons. The van der Waals surface area contributed by atoms with Crippen molar-refractivity contribution in [2.45, 2.75) is 13.3 Å². The van der Waals surface area contributed by atoms with E-state index >= 15 is 0 Å². The fourth-order valence-electron chi connectivity index (χ4n) is 2.41. The predicted molar refractivity (Wildman–Crippen MR) is 78.4 cm³/mol. The Labute approximate surface area is 111 Å². The van der Waals surface area contributed by atoms with E-state index in [-0.39, 0.29) is 0 Å². The molecule has 0 saturated carbocycles. The lowest BCUT2D eigenvalue weighted by atomic mass is 10.2. The quantitative estimate of drug-likeness (QED) is 0.874. The van der Waals surface area contributed by atoms with E-state index in [2.05, 4.69) is 53.4 Å². The van der Waals surface area contributed by atoms with Gasteiger partial charge in [0.25, 0.3) is 0 Å². The summed E-state index contributed by atoms with van der Waals surface area (Å²) in [5, 5.41) is 3.45. The summed E-state index contributed by atoms with van der Waals surface area (Å²) < 4.78 is 0. The molecule has 1 N–H and O–H groups in total. The Bertz CT molecular complexity index is 357. The molecule has 3 nitrogen and oxygen atoms in total. The van der Waals surface area contributed by atoms with Gasteiger partial charge in [-0.2, -0.15) is 0 Å². The highest BCUT2D eigenvalue weighted by Gasteiger charge is 2.09. The third-order valence-corrected chi connectivity index (χ3v) is 3.63. The first-order chi connectivity index (χ1) is 8.75. The van der Waals surface area contributed by atoms with Gasteiger partial charge in [0, 0.05) is 38.9 Å². The molecule has 1 heterocycles. The van der Waals surface area contributed by atoms with Crippen molar-refractivity contribution in [1.82, 2.24) is 10.2 Å². The Morgan fingerprint density at radius 2 is 2.17 bits per heavy atom. The first-order valence-corrected chi connectivity index (χ1v) is 6.96. The molecule has 0 amide bonds. The van der Waals surface area contributed by atoms with Crippen LogP contribution in [-0.4, -0.2) is 51.2 Å². The van der Waals surface area contributed by atoms with Crippen LogP contribution in [0.4, 0.5) is 5.69 Å². The van der Waals surface area contributed by atoms with E-state index in [0.29, 0.717) is 0 Å². The number of hydrogen-bond donors (Lipinski definition) is 1. The number of aryl methyl sites for hydroxylation is 1. The number of anilines is 1. The molecular formula is C15H25N3. The average Bonchev–Trinajstić information content (AvgIpc) is 2.64. The first kappa shape index (κ1) is 13.4. The number of nitrogens with zero attached hydrogens (tertiary/aromatic N) is 2. The van der Waals surface area contributed by atoms with Crippen molar-refractivity contribution in [2.75, 3.05) is 51.2 Å².